The van der Waals surface area contributed by atoms with Crippen LogP contribution in [0.15, 0.2) is 6.33 Å². The summed E-state index contributed by atoms with van der Waals surface area (Å²) in [6.07, 6.45) is 3.19. The van der Waals surface area contributed by atoms with Crippen molar-refractivity contribution >= 4 is 17.5 Å². The Balaban J connectivity index is 2.13. The summed E-state index contributed by atoms with van der Waals surface area (Å²) in [5.41, 5.74) is 0. The van der Waals surface area contributed by atoms with E-state index in [9.17, 15) is 4.79 Å². The maximum Gasteiger partial charge on any atom is 0.222 e. The summed E-state index contributed by atoms with van der Waals surface area (Å²) in [5.74, 6) is 2.37. The van der Waals surface area contributed by atoms with E-state index in [2.05, 4.69) is 25.5 Å². The molecule has 0 spiro atoms. The molecular weight excluding hydrogens is 270 g/mol. The van der Waals surface area contributed by atoms with Gasteiger partial charge in [-0.2, -0.15) is 0 Å². The summed E-state index contributed by atoms with van der Waals surface area (Å²) in [7, 11) is 3.31. The van der Waals surface area contributed by atoms with Gasteiger partial charge in [0, 0.05) is 32.6 Å². The fourth-order valence-electron chi connectivity index (χ4n) is 2.63. The second-order valence-corrected chi connectivity index (χ2v) is 4.99. The Morgan fingerprint density at radius 2 is 2.14 bits per heavy atom. The Bertz CT molecular complexity index is 486. The van der Waals surface area contributed by atoms with Crippen LogP contribution in [0.25, 0.3) is 0 Å². The summed E-state index contributed by atoms with van der Waals surface area (Å²) >= 11 is 0. The third-order valence-corrected chi connectivity index (χ3v) is 3.75. The van der Waals surface area contributed by atoms with E-state index in [1.165, 1.54) is 0 Å². The Hall–Kier alpha value is -2.05. The number of methoxy groups -OCH3 is 1. The van der Waals surface area contributed by atoms with Crippen LogP contribution in [0, 0.1) is 5.92 Å². The van der Waals surface area contributed by atoms with Crippen LogP contribution in [0.1, 0.15) is 19.8 Å². The first kappa shape index (κ1) is 15.3. The lowest BCUT2D eigenvalue weighted by molar-refractivity contribution is -0.125. The average molecular weight is 293 g/mol. The lowest BCUT2D eigenvalue weighted by Gasteiger charge is -2.32. The maximum absolute atomic E-state index is 11.7. The topological polar surface area (TPSA) is 79.4 Å². The molecule has 2 N–H and O–H groups in total. The third-order valence-electron chi connectivity index (χ3n) is 3.75. The molecule has 1 fully saturated rings. The average Bonchev–Trinajstić information content (AvgIpc) is 2.54. The highest BCUT2D eigenvalue weighted by atomic mass is 16.5. The number of rotatable bonds is 5. The van der Waals surface area contributed by atoms with Crippen LogP contribution in [-0.4, -0.2) is 49.7 Å². The maximum atomic E-state index is 11.7. The zero-order chi connectivity index (χ0) is 15.2. The summed E-state index contributed by atoms with van der Waals surface area (Å²) in [4.78, 5) is 22.4. The highest BCUT2D eigenvalue weighted by Crippen LogP contribution is 2.34. The van der Waals surface area contributed by atoms with Gasteiger partial charge in [0.2, 0.25) is 11.7 Å². The van der Waals surface area contributed by atoms with E-state index >= 15 is 0 Å². The number of nitrogens with zero attached hydrogens (tertiary/aromatic N) is 3. The normalized spacial score (nSPS) is 15.7. The summed E-state index contributed by atoms with van der Waals surface area (Å²) in [6.45, 7) is 4.36. The Labute approximate surface area is 125 Å². The minimum absolute atomic E-state index is 0.0901. The number of carbonyl (C=O) groups excluding carboxylic acids is 1. The number of anilines is 2. The summed E-state index contributed by atoms with van der Waals surface area (Å²) in [6, 6.07) is 0. The van der Waals surface area contributed by atoms with Gasteiger partial charge in [-0.15, -0.1) is 0 Å². The van der Waals surface area contributed by atoms with Gasteiger partial charge in [-0.25, -0.2) is 9.97 Å². The molecule has 1 aromatic rings. The van der Waals surface area contributed by atoms with Gasteiger partial charge in [-0.05, 0) is 19.8 Å². The van der Waals surface area contributed by atoms with Gasteiger partial charge >= 0.3 is 0 Å². The number of carbonyl (C=O) groups is 1. The van der Waals surface area contributed by atoms with E-state index < -0.39 is 0 Å². The van der Waals surface area contributed by atoms with E-state index in [0.29, 0.717) is 11.6 Å². The molecule has 1 aromatic heterocycles. The standard InChI is InChI=1S/C14H23N5O2/c1-4-16-12-11(21-3)13(18-9-17-12)19-7-5-10(6-8-19)14(20)15-2/h9-10H,4-8H2,1-3H3,(H,15,20)(H,16,17,18). The molecule has 0 atom stereocenters. The molecule has 0 unspecified atom stereocenters. The molecule has 116 valence electrons. The number of piperidine rings is 1. The minimum atomic E-state index is 0.0901. The molecule has 1 aliphatic heterocycles. The Morgan fingerprint density at radius 1 is 1.43 bits per heavy atom. The van der Waals surface area contributed by atoms with Gasteiger partial charge in [0.15, 0.2) is 11.6 Å². The van der Waals surface area contributed by atoms with Crippen LogP contribution in [0.2, 0.25) is 0 Å². The Morgan fingerprint density at radius 3 is 2.71 bits per heavy atom. The zero-order valence-electron chi connectivity index (χ0n) is 12.8. The predicted octanol–water partition coefficient (Wildman–Crippen LogP) is 0.879. The Kier molecular flexibility index (Phi) is 5.19. The number of ether oxygens (including phenoxy) is 1. The molecule has 1 aliphatic rings. The first-order chi connectivity index (χ1) is 10.2. The van der Waals surface area contributed by atoms with Gasteiger partial charge in [0.25, 0.3) is 0 Å². The van der Waals surface area contributed by atoms with E-state index in [4.69, 9.17) is 4.74 Å². The summed E-state index contributed by atoms with van der Waals surface area (Å²) in [5, 5.41) is 5.90. The van der Waals surface area contributed by atoms with Gasteiger partial charge in [0.05, 0.1) is 7.11 Å². The van der Waals surface area contributed by atoms with Crippen LogP contribution in [-0.2, 0) is 4.79 Å². The van der Waals surface area contributed by atoms with Crippen molar-refractivity contribution in [2.45, 2.75) is 19.8 Å². The molecular formula is C14H23N5O2. The lowest BCUT2D eigenvalue weighted by atomic mass is 9.96. The molecule has 0 aromatic carbocycles. The van der Waals surface area contributed by atoms with Gasteiger partial charge in [0.1, 0.15) is 6.33 Å². The number of aromatic nitrogens is 2. The van der Waals surface area contributed by atoms with Crippen molar-refractivity contribution < 1.29 is 9.53 Å². The van der Waals surface area contributed by atoms with Crippen molar-refractivity contribution in [2.24, 2.45) is 5.92 Å². The minimum Gasteiger partial charge on any atom is -0.490 e. The molecule has 2 rings (SSSR count). The second kappa shape index (κ2) is 7.10. The van der Waals surface area contributed by atoms with Crippen molar-refractivity contribution in [3.05, 3.63) is 6.33 Å². The van der Waals surface area contributed by atoms with Gasteiger partial charge < -0.3 is 20.3 Å². The third kappa shape index (κ3) is 3.34. The highest BCUT2D eigenvalue weighted by molar-refractivity contribution is 5.78. The van der Waals surface area contributed by atoms with Crippen LogP contribution in [0.5, 0.6) is 5.75 Å². The molecule has 2 heterocycles. The van der Waals surface area contributed by atoms with Crippen molar-refractivity contribution in [3.63, 3.8) is 0 Å². The largest absolute Gasteiger partial charge is 0.490 e. The monoisotopic (exact) mass is 293 g/mol. The molecule has 0 bridgehead atoms. The van der Waals surface area contributed by atoms with Gasteiger partial charge in [-0.1, -0.05) is 0 Å². The van der Waals surface area contributed by atoms with Crippen molar-refractivity contribution in [1.82, 2.24) is 15.3 Å². The van der Waals surface area contributed by atoms with Crippen LogP contribution < -0.4 is 20.3 Å². The van der Waals surface area contributed by atoms with E-state index in [-0.39, 0.29) is 11.8 Å². The number of hydrogen-bond donors (Lipinski definition) is 2. The highest BCUT2D eigenvalue weighted by Gasteiger charge is 2.27. The van der Waals surface area contributed by atoms with Gasteiger partial charge in [-0.3, -0.25) is 4.79 Å². The molecule has 7 heteroatoms. The second-order valence-electron chi connectivity index (χ2n) is 4.99. The van der Waals surface area contributed by atoms with Crippen LogP contribution >= 0.6 is 0 Å². The fraction of sp³-hybridized carbons (Fsp3) is 0.643. The molecule has 0 radical (unpaired) electrons. The smallest absolute Gasteiger partial charge is 0.222 e. The van der Waals surface area contributed by atoms with Crippen molar-refractivity contribution in [2.75, 3.05) is 44.0 Å². The first-order valence-electron chi connectivity index (χ1n) is 7.30. The van der Waals surface area contributed by atoms with Crippen LogP contribution in [0.4, 0.5) is 11.6 Å². The lowest BCUT2D eigenvalue weighted by Crippen LogP contribution is -2.40. The number of nitrogens with one attached hydrogen (secondary N) is 2. The zero-order valence-corrected chi connectivity index (χ0v) is 12.8. The molecule has 1 amide bonds. The number of amides is 1. The van der Waals surface area contributed by atoms with E-state index in [0.717, 1.165) is 38.3 Å². The van der Waals surface area contributed by atoms with Crippen LogP contribution in [0.3, 0.4) is 0 Å². The first-order valence-corrected chi connectivity index (χ1v) is 7.30. The summed E-state index contributed by atoms with van der Waals surface area (Å²) < 4.78 is 5.47. The quantitative estimate of drug-likeness (QED) is 0.839. The molecule has 0 saturated carbocycles. The van der Waals surface area contributed by atoms with Crippen molar-refractivity contribution in [1.29, 1.82) is 0 Å². The number of hydrogen-bond acceptors (Lipinski definition) is 6. The SMILES string of the molecule is CCNc1ncnc(N2CCC(C(=O)NC)CC2)c1OC. The predicted molar refractivity (Wildman–Crippen MR) is 81.8 cm³/mol. The van der Waals surface area contributed by atoms with E-state index in [1.807, 2.05) is 6.92 Å². The molecule has 21 heavy (non-hydrogen) atoms. The van der Waals surface area contributed by atoms with E-state index in [1.54, 1.807) is 20.5 Å². The molecule has 0 aliphatic carbocycles. The molecule has 1 saturated heterocycles. The molecule has 7 nitrogen and oxygen atoms in total. The van der Waals surface area contributed by atoms with Crippen molar-refractivity contribution in [3.8, 4) is 5.75 Å². The fourth-order valence-corrected chi connectivity index (χ4v) is 2.63.